The van der Waals surface area contributed by atoms with Gasteiger partial charge in [0.2, 0.25) is 5.13 Å². The third kappa shape index (κ3) is 3.53. The van der Waals surface area contributed by atoms with Crippen LogP contribution < -0.4 is 4.90 Å². The number of ketones is 1. The van der Waals surface area contributed by atoms with Gasteiger partial charge in [0.05, 0.1) is 11.6 Å². The normalized spacial score (nSPS) is 18.4. The smallest absolute Gasteiger partial charge is 0.301 e. The third-order valence-electron chi connectivity index (χ3n) is 4.47. The first-order chi connectivity index (χ1) is 13.9. The van der Waals surface area contributed by atoms with Gasteiger partial charge in [-0.15, -0.1) is 10.2 Å². The summed E-state index contributed by atoms with van der Waals surface area (Å²) in [7, 11) is 0. The lowest BCUT2D eigenvalue weighted by Gasteiger charge is -2.22. The van der Waals surface area contributed by atoms with Crippen LogP contribution in [0.3, 0.4) is 0 Å². The van der Waals surface area contributed by atoms with E-state index in [1.54, 1.807) is 55.5 Å². The van der Waals surface area contributed by atoms with Gasteiger partial charge in [0.25, 0.3) is 5.78 Å². The molecule has 0 spiro atoms. The molecule has 1 atom stereocenters. The lowest BCUT2D eigenvalue weighted by atomic mass is 9.95. The molecular formula is C20H13Cl2N3O3S. The molecule has 1 saturated heterocycles. The van der Waals surface area contributed by atoms with E-state index in [2.05, 4.69) is 10.2 Å². The van der Waals surface area contributed by atoms with Crippen molar-refractivity contribution in [3.8, 4) is 0 Å². The second-order valence-corrected chi connectivity index (χ2v) is 8.36. The van der Waals surface area contributed by atoms with E-state index in [1.807, 2.05) is 0 Å². The van der Waals surface area contributed by atoms with Gasteiger partial charge in [-0.05, 0) is 48.9 Å². The zero-order valence-electron chi connectivity index (χ0n) is 15.0. The first-order valence-corrected chi connectivity index (χ1v) is 10.1. The third-order valence-corrected chi connectivity index (χ3v) is 5.81. The molecule has 3 aromatic rings. The molecule has 1 aliphatic rings. The minimum Gasteiger partial charge on any atom is -0.507 e. The Hall–Kier alpha value is -2.74. The van der Waals surface area contributed by atoms with Crippen LogP contribution in [0.5, 0.6) is 0 Å². The number of carbonyl (C=O) groups excluding carboxylic acids is 2. The number of halogens is 2. The van der Waals surface area contributed by atoms with Crippen molar-refractivity contribution < 1.29 is 14.7 Å². The van der Waals surface area contributed by atoms with Gasteiger partial charge in [-0.25, -0.2) is 0 Å². The number of benzene rings is 2. The van der Waals surface area contributed by atoms with Gasteiger partial charge in [0.1, 0.15) is 10.8 Å². The van der Waals surface area contributed by atoms with Crippen LogP contribution in [0.4, 0.5) is 5.13 Å². The molecule has 0 bridgehead atoms. The maximum Gasteiger partial charge on any atom is 0.301 e. The van der Waals surface area contributed by atoms with Crippen LogP contribution in [-0.2, 0) is 9.59 Å². The van der Waals surface area contributed by atoms with Crippen molar-refractivity contribution in [1.82, 2.24) is 10.2 Å². The van der Waals surface area contributed by atoms with Crippen molar-refractivity contribution in [2.45, 2.75) is 13.0 Å². The Morgan fingerprint density at radius 1 is 1.00 bits per heavy atom. The summed E-state index contributed by atoms with van der Waals surface area (Å²) in [5, 5.41) is 20.8. The highest BCUT2D eigenvalue weighted by Crippen LogP contribution is 2.43. The summed E-state index contributed by atoms with van der Waals surface area (Å²) in [5.41, 5.74) is 0.948. The zero-order valence-corrected chi connectivity index (χ0v) is 17.3. The Balaban J connectivity index is 1.93. The van der Waals surface area contributed by atoms with Crippen LogP contribution in [0.25, 0.3) is 5.76 Å². The molecule has 1 amide bonds. The van der Waals surface area contributed by atoms with E-state index in [1.165, 1.54) is 16.2 Å². The number of nitrogens with zero attached hydrogens (tertiary/aromatic N) is 3. The minimum atomic E-state index is -0.865. The second kappa shape index (κ2) is 7.59. The molecule has 146 valence electrons. The van der Waals surface area contributed by atoms with Crippen LogP contribution in [0.15, 0.2) is 54.1 Å². The van der Waals surface area contributed by atoms with Crippen LogP contribution in [-0.4, -0.2) is 27.0 Å². The molecule has 9 heteroatoms. The van der Waals surface area contributed by atoms with Gasteiger partial charge in [0, 0.05) is 15.6 Å². The van der Waals surface area contributed by atoms with E-state index < -0.39 is 17.7 Å². The lowest BCUT2D eigenvalue weighted by molar-refractivity contribution is -0.132. The Bertz CT molecular complexity index is 1140. The summed E-state index contributed by atoms with van der Waals surface area (Å²) in [6.45, 7) is 1.75. The fourth-order valence-corrected chi connectivity index (χ4v) is 4.10. The van der Waals surface area contributed by atoms with Crippen LogP contribution in [0.2, 0.25) is 10.0 Å². The number of aliphatic hydroxyl groups is 1. The Morgan fingerprint density at radius 2 is 1.59 bits per heavy atom. The predicted octanol–water partition coefficient (Wildman–Crippen LogP) is 4.78. The van der Waals surface area contributed by atoms with E-state index in [0.29, 0.717) is 26.2 Å². The SMILES string of the molecule is Cc1nnc(N2C(=O)C(=O)/C(=C(/O)c3ccc(Cl)cc3)[C@@H]2c2ccc(Cl)cc2)s1. The average Bonchev–Trinajstić information content (AvgIpc) is 3.24. The first-order valence-electron chi connectivity index (χ1n) is 8.49. The fourth-order valence-electron chi connectivity index (χ4n) is 3.14. The number of amides is 1. The van der Waals surface area contributed by atoms with Gasteiger partial charge < -0.3 is 5.11 Å². The number of carbonyl (C=O) groups is 2. The summed E-state index contributed by atoms with van der Waals surface area (Å²) < 4.78 is 0. The van der Waals surface area contributed by atoms with Gasteiger partial charge in [-0.2, -0.15) is 0 Å². The first kappa shape index (κ1) is 19.6. The standard InChI is InChI=1S/C20H13Cl2N3O3S/c1-10-23-24-20(29-10)25-16(11-2-6-13(21)7-3-11)15(18(27)19(25)28)17(26)12-4-8-14(22)9-5-12/h2-9,16,26H,1H3/b17-15+/t16-/m0/s1. The largest absolute Gasteiger partial charge is 0.507 e. The van der Waals surface area contributed by atoms with Crippen LogP contribution >= 0.6 is 34.5 Å². The van der Waals surface area contributed by atoms with Gasteiger partial charge in [-0.3, -0.25) is 14.5 Å². The molecule has 0 saturated carbocycles. The van der Waals surface area contributed by atoms with E-state index in [0.717, 1.165) is 0 Å². The Morgan fingerprint density at radius 3 is 2.14 bits per heavy atom. The number of hydrogen-bond donors (Lipinski definition) is 1. The summed E-state index contributed by atoms with van der Waals surface area (Å²) in [6.07, 6.45) is 0. The highest BCUT2D eigenvalue weighted by Gasteiger charge is 2.48. The molecule has 1 aliphatic heterocycles. The molecule has 0 unspecified atom stereocenters. The number of hydrogen-bond acceptors (Lipinski definition) is 6. The van der Waals surface area contributed by atoms with Crippen molar-refractivity contribution in [2.24, 2.45) is 0 Å². The average molecular weight is 446 g/mol. The van der Waals surface area contributed by atoms with E-state index >= 15 is 0 Å². The number of aromatic nitrogens is 2. The van der Waals surface area contributed by atoms with Crippen molar-refractivity contribution in [2.75, 3.05) is 4.90 Å². The minimum absolute atomic E-state index is 0.0347. The lowest BCUT2D eigenvalue weighted by Crippen LogP contribution is -2.29. The Labute approximate surface area is 180 Å². The Kier molecular flexibility index (Phi) is 5.12. The maximum atomic E-state index is 12.9. The number of aliphatic hydroxyl groups excluding tert-OH is 1. The summed E-state index contributed by atoms with van der Waals surface area (Å²) in [6, 6.07) is 12.2. The highest BCUT2D eigenvalue weighted by molar-refractivity contribution is 7.15. The van der Waals surface area contributed by atoms with Gasteiger partial charge in [-0.1, -0.05) is 46.7 Å². The fraction of sp³-hybridized carbons (Fsp3) is 0.100. The van der Waals surface area contributed by atoms with E-state index in [4.69, 9.17) is 23.2 Å². The molecule has 1 aromatic heterocycles. The van der Waals surface area contributed by atoms with Gasteiger partial charge in [0.15, 0.2) is 0 Å². The van der Waals surface area contributed by atoms with Gasteiger partial charge >= 0.3 is 5.91 Å². The highest BCUT2D eigenvalue weighted by atomic mass is 35.5. The zero-order chi connectivity index (χ0) is 20.7. The van der Waals surface area contributed by atoms with Crippen molar-refractivity contribution in [1.29, 1.82) is 0 Å². The summed E-state index contributed by atoms with van der Waals surface area (Å²) in [4.78, 5) is 27.1. The molecule has 2 heterocycles. The number of anilines is 1. The number of Topliss-reactive ketones (excluding diaryl/α,β-unsaturated/α-hetero) is 1. The molecule has 1 fully saturated rings. The van der Waals surface area contributed by atoms with E-state index in [9.17, 15) is 14.7 Å². The molecular weight excluding hydrogens is 433 g/mol. The van der Waals surface area contributed by atoms with Crippen molar-refractivity contribution in [3.63, 3.8) is 0 Å². The number of aryl methyl sites for hydroxylation is 1. The summed E-state index contributed by atoms with van der Waals surface area (Å²) in [5.74, 6) is -1.87. The second-order valence-electron chi connectivity index (χ2n) is 6.33. The van der Waals surface area contributed by atoms with Crippen LogP contribution in [0.1, 0.15) is 22.2 Å². The van der Waals surface area contributed by atoms with E-state index in [-0.39, 0.29) is 16.5 Å². The summed E-state index contributed by atoms with van der Waals surface area (Å²) >= 11 is 13.1. The molecule has 2 aromatic carbocycles. The predicted molar refractivity (Wildman–Crippen MR) is 112 cm³/mol. The molecule has 6 nitrogen and oxygen atoms in total. The monoisotopic (exact) mass is 445 g/mol. The molecule has 29 heavy (non-hydrogen) atoms. The quantitative estimate of drug-likeness (QED) is 0.356. The van der Waals surface area contributed by atoms with Crippen molar-refractivity contribution in [3.05, 3.63) is 80.3 Å². The molecule has 0 radical (unpaired) electrons. The topological polar surface area (TPSA) is 83.4 Å². The molecule has 0 aliphatic carbocycles. The number of rotatable bonds is 3. The maximum absolute atomic E-state index is 12.9. The van der Waals surface area contributed by atoms with Crippen molar-refractivity contribution >= 4 is 57.1 Å². The van der Waals surface area contributed by atoms with Crippen LogP contribution in [0, 0.1) is 6.92 Å². The molecule has 4 rings (SSSR count). The molecule has 1 N–H and O–H groups in total.